The number of nitrogens with one attached hydrogen (secondary N) is 1. The van der Waals surface area contributed by atoms with Crippen molar-refractivity contribution in [1.82, 2.24) is 5.48 Å². The number of carbonyl (C=O) groups is 1. The van der Waals surface area contributed by atoms with Crippen LogP contribution in [-0.2, 0) is 15.4 Å². The van der Waals surface area contributed by atoms with Crippen LogP contribution in [0, 0.1) is 6.92 Å². The summed E-state index contributed by atoms with van der Waals surface area (Å²) in [5.74, 6) is 1.19. The molecular weight excluding hydrogens is 222 g/mol. The van der Waals surface area contributed by atoms with Crippen LogP contribution in [0.15, 0.2) is 24.3 Å². The molecule has 1 amide bonds. The summed E-state index contributed by atoms with van der Waals surface area (Å²) in [5.41, 5.74) is 4.86. The normalized spacial score (nSPS) is 10.1. The van der Waals surface area contributed by atoms with Crippen molar-refractivity contribution in [2.24, 2.45) is 0 Å². The number of aryl methyl sites for hydroxylation is 1. The molecule has 1 N–H and O–H groups in total. The Labute approximate surface area is 101 Å². The predicted molar refractivity (Wildman–Crippen MR) is 67.1 cm³/mol. The molecule has 0 radical (unpaired) electrons. The lowest BCUT2D eigenvalue weighted by atomic mass is 10.2. The average Bonchev–Trinajstić information content (AvgIpc) is 2.26. The minimum atomic E-state index is -0.0838. The Morgan fingerprint density at radius 1 is 1.50 bits per heavy atom. The van der Waals surface area contributed by atoms with Gasteiger partial charge in [-0.3, -0.25) is 9.63 Å². The summed E-state index contributed by atoms with van der Waals surface area (Å²) < 4.78 is 0. The van der Waals surface area contributed by atoms with E-state index in [4.69, 9.17) is 4.84 Å². The topological polar surface area (TPSA) is 38.3 Å². The van der Waals surface area contributed by atoms with Crippen LogP contribution in [0.2, 0.25) is 0 Å². The van der Waals surface area contributed by atoms with Crippen molar-refractivity contribution in [3.63, 3.8) is 0 Å². The molecule has 0 spiro atoms. The maximum atomic E-state index is 11.2. The molecule has 0 aliphatic heterocycles. The molecule has 1 aromatic rings. The highest BCUT2D eigenvalue weighted by molar-refractivity contribution is 7.99. The largest absolute Gasteiger partial charge is 0.274 e. The zero-order chi connectivity index (χ0) is 11.8. The molecular formula is C12H17NO2S. The van der Waals surface area contributed by atoms with E-state index in [2.05, 4.69) is 30.6 Å². The van der Waals surface area contributed by atoms with E-state index >= 15 is 0 Å². The summed E-state index contributed by atoms with van der Waals surface area (Å²) in [7, 11) is 0. The van der Waals surface area contributed by atoms with Gasteiger partial charge in [-0.05, 0) is 19.4 Å². The van der Waals surface area contributed by atoms with Crippen LogP contribution in [0.1, 0.15) is 18.1 Å². The van der Waals surface area contributed by atoms with Crippen molar-refractivity contribution in [1.29, 1.82) is 0 Å². The van der Waals surface area contributed by atoms with Crippen LogP contribution in [-0.4, -0.2) is 18.3 Å². The Kier molecular flexibility index (Phi) is 5.96. The molecule has 0 aliphatic carbocycles. The number of benzene rings is 1. The van der Waals surface area contributed by atoms with E-state index in [0.29, 0.717) is 12.4 Å². The first-order chi connectivity index (χ1) is 7.72. The van der Waals surface area contributed by atoms with Gasteiger partial charge in [-0.2, -0.15) is 0 Å². The number of hydrogen-bond donors (Lipinski definition) is 1. The van der Waals surface area contributed by atoms with Gasteiger partial charge < -0.3 is 0 Å². The minimum Gasteiger partial charge on any atom is -0.274 e. The van der Waals surface area contributed by atoms with Crippen molar-refractivity contribution in [3.05, 3.63) is 35.4 Å². The van der Waals surface area contributed by atoms with Gasteiger partial charge in [0.2, 0.25) is 0 Å². The van der Waals surface area contributed by atoms with E-state index in [1.54, 1.807) is 11.8 Å². The Morgan fingerprint density at radius 3 is 3.00 bits per heavy atom. The number of carbonyl (C=O) groups excluding carboxylic acids is 1. The van der Waals surface area contributed by atoms with Gasteiger partial charge in [0.1, 0.15) is 0 Å². The van der Waals surface area contributed by atoms with Gasteiger partial charge in [-0.25, -0.2) is 5.48 Å². The maximum absolute atomic E-state index is 11.2. The average molecular weight is 239 g/mol. The van der Waals surface area contributed by atoms with Gasteiger partial charge in [0, 0.05) is 5.75 Å². The highest BCUT2D eigenvalue weighted by Gasteiger charge is 2.01. The van der Waals surface area contributed by atoms with Crippen molar-refractivity contribution in [2.75, 3.05) is 12.4 Å². The third-order valence-corrected chi connectivity index (χ3v) is 2.92. The number of hydrogen-bond acceptors (Lipinski definition) is 3. The zero-order valence-corrected chi connectivity index (χ0v) is 10.5. The second kappa shape index (κ2) is 7.30. The fraction of sp³-hybridized carbons (Fsp3) is 0.417. The lowest BCUT2D eigenvalue weighted by Crippen LogP contribution is -2.25. The van der Waals surface area contributed by atoms with Gasteiger partial charge in [-0.15, -0.1) is 11.8 Å². The standard InChI is InChI=1S/C12H17NO2S/c1-3-15-13-12(14)9-16-8-11-6-4-5-10(2)7-11/h4-7H,3,8-9H2,1-2H3,(H,13,14). The van der Waals surface area contributed by atoms with E-state index in [-0.39, 0.29) is 5.91 Å². The van der Waals surface area contributed by atoms with Crippen LogP contribution >= 0.6 is 11.8 Å². The summed E-state index contributed by atoms with van der Waals surface area (Å²) in [6, 6.07) is 8.30. The quantitative estimate of drug-likeness (QED) is 0.774. The van der Waals surface area contributed by atoms with Crippen molar-refractivity contribution in [2.45, 2.75) is 19.6 Å². The van der Waals surface area contributed by atoms with Crippen LogP contribution in [0.5, 0.6) is 0 Å². The fourth-order valence-electron chi connectivity index (χ4n) is 1.25. The number of rotatable bonds is 6. The van der Waals surface area contributed by atoms with Crippen LogP contribution in [0.25, 0.3) is 0 Å². The Bertz CT molecular complexity index is 342. The molecule has 88 valence electrons. The number of hydroxylamine groups is 1. The van der Waals surface area contributed by atoms with Gasteiger partial charge >= 0.3 is 0 Å². The van der Waals surface area contributed by atoms with E-state index in [1.165, 1.54) is 11.1 Å². The Hall–Kier alpha value is -1.00. The maximum Gasteiger partial charge on any atom is 0.253 e. The van der Waals surface area contributed by atoms with Crippen molar-refractivity contribution in [3.8, 4) is 0 Å². The van der Waals surface area contributed by atoms with Gasteiger partial charge in [-0.1, -0.05) is 29.8 Å². The van der Waals surface area contributed by atoms with Crippen molar-refractivity contribution >= 4 is 17.7 Å². The van der Waals surface area contributed by atoms with Crippen LogP contribution in [0.4, 0.5) is 0 Å². The lowest BCUT2D eigenvalue weighted by molar-refractivity contribution is -0.130. The third-order valence-electron chi connectivity index (χ3n) is 1.91. The van der Waals surface area contributed by atoms with E-state index < -0.39 is 0 Å². The smallest absolute Gasteiger partial charge is 0.253 e. The molecule has 0 atom stereocenters. The first-order valence-corrected chi connectivity index (χ1v) is 6.41. The second-order valence-corrected chi connectivity index (χ2v) is 4.43. The first-order valence-electron chi connectivity index (χ1n) is 5.26. The number of thioether (sulfide) groups is 1. The highest BCUT2D eigenvalue weighted by atomic mass is 32.2. The molecule has 16 heavy (non-hydrogen) atoms. The summed E-state index contributed by atoms with van der Waals surface area (Å²) in [5, 5.41) is 0. The van der Waals surface area contributed by atoms with Crippen LogP contribution in [0.3, 0.4) is 0 Å². The Morgan fingerprint density at radius 2 is 2.31 bits per heavy atom. The Balaban J connectivity index is 2.22. The predicted octanol–water partition coefficient (Wildman–Crippen LogP) is 2.30. The molecule has 0 fully saturated rings. The van der Waals surface area contributed by atoms with E-state index in [9.17, 15) is 4.79 Å². The van der Waals surface area contributed by atoms with Gasteiger partial charge in [0.25, 0.3) is 5.91 Å². The summed E-state index contributed by atoms with van der Waals surface area (Å²) in [6.45, 7) is 4.39. The summed E-state index contributed by atoms with van der Waals surface area (Å²) in [6.07, 6.45) is 0. The fourth-order valence-corrected chi connectivity index (χ4v) is 2.01. The molecule has 1 rings (SSSR count). The zero-order valence-electron chi connectivity index (χ0n) is 9.66. The summed E-state index contributed by atoms with van der Waals surface area (Å²) in [4.78, 5) is 16.0. The molecule has 1 aromatic carbocycles. The lowest BCUT2D eigenvalue weighted by Gasteiger charge is -2.04. The molecule has 3 nitrogen and oxygen atoms in total. The molecule has 0 heterocycles. The van der Waals surface area contributed by atoms with Gasteiger partial charge in [0.15, 0.2) is 0 Å². The second-order valence-electron chi connectivity index (χ2n) is 3.44. The minimum absolute atomic E-state index is 0.0838. The third kappa shape index (κ3) is 5.19. The molecule has 0 saturated carbocycles. The molecule has 0 saturated heterocycles. The summed E-state index contributed by atoms with van der Waals surface area (Å²) >= 11 is 1.58. The van der Waals surface area contributed by atoms with Crippen LogP contribution < -0.4 is 5.48 Å². The number of amides is 1. The van der Waals surface area contributed by atoms with Crippen molar-refractivity contribution < 1.29 is 9.63 Å². The SMILES string of the molecule is CCONC(=O)CSCc1cccc(C)c1. The highest BCUT2D eigenvalue weighted by Crippen LogP contribution is 2.12. The monoisotopic (exact) mass is 239 g/mol. The van der Waals surface area contributed by atoms with Gasteiger partial charge in [0.05, 0.1) is 12.4 Å². The van der Waals surface area contributed by atoms with E-state index in [1.807, 2.05) is 13.0 Å². The molecule has 0 unspecified atom stereocenters. The first kappa shape index (κ1) is 13.1. The molecule has 4 heteroatoms. The van der Waals surface area contributed by atoms with E-state index in [0.717, 1.165) is 5.75 Å². The molecule has 0 aromatic heterocycles. The molecule has 0 aliphatic rings. The molecule has 0 bridgehead atoms.